The molecule has 1 aromatic carbocycles. The third kappa shape index (κ3) is 2.98. The van der Waals surface area contributed by atoms with Crippen LogP contribution in [0.25, 0.3) is 0 Å². The Morgan fingerprint density at radius 2 is 2.00 bits per heavy atom. The molecule has 0 bridgehead atoms. The smallest absolute Gasteiger partial charge is 0.251 e. The van der Waals surface area contributed by atoms with E-state index < -0.39 is 6.10 Å². The van der Waals surface area contributed by atoms with Crippen molar-refractivity contribution < 1.29 is 19.4 Å². The van der Waals surface area contributed by atoms with Crippen LogP contribution in [0.4, 0.5) is 0 Å². The number of ether oxygens (including phenoxy) is 2. The fourth-order valence-corrected chi connectivity index (χ4v) is 2.34. The summed E-state index contributed by atoms with van der Waals surface area (Å²) in [5.41, 5.74) is 0.497. The molecule has 0 aromatic heterocycles. The van der Waals surface area contributed by atoms with Gasteiger partial charge in [0.15, 0.2) is 11.5 Å². The van der Waals surface area contributed by atoms with Gasteiger partial charge in [0.2, 0.25) is 0 Å². The van der Waals surface area contributed by atoms with Crippen molar-refractivity contribution in [1.82, 2.24) is 5.32 Å². The molecule has 1 amide bonds. The summed E-state index contributed by atoms with van der Waals surface area (Å²) in [4.78, 5) is 12.1. The monoisotopic (exact) mass is 265 g/mol. The summed E-state index contributed by atoms with van der Waals surface area (Å²) in [6.45, 7) is 0. The highest BCUT2D eigenvalue weighted by atomic mass is 16.5. The Morgan fingerprint density at radius 3 is 2.58 bits per heavy atom. The van der Waals surface area contributed by atoms with Crippen LogP contribution in [-0.4, -0.2) is 37.4 Å². The van der Waals surface area contributed by atoms with Gasteiger partial charge in [-0.3, -0.25) is 4.79 Å². The van der Waals surface area contributed by atoms with Crippen LogP contribution in [-0.2, 0) is 0 Å². The van der Waals surface area contributed by atoms with E-state index in [1.165, 1.54) is 7.11 Å². The lowest BCUT2D eigenvalue weighted by atomic mass is 10.1. The van der Waals surface area contributed by atoms with Crippen molar-refractivity contribution in [3.8, 4) is 11.5 Å². The first-order valence-electron chi connectivity index (χ1n) is 6.36. The minimum absolute atomic E-state index is 0.152. The van der Waals surface area contributed by atoms with Gasteiger partial charge in [-0.1, -0.05) is 0 Å². The van der Waals surface area contributed by atoms with E-state index >= 15 is 0 Å². The van der Waals surface area contributed by atoms with Crippen LogP contribution in [0, 0.1) is 0 Å². The lowest BCUT2D eigenvalue weighted by molar-refractivity contribution is 0.0873. The summed E-state index contributed by atoms with van der Waals surface area (Å²) in [6, 6.07) is 4.85. The summed E-state index contributed by atoms with van der Waals surface area (Å²) in [6.07, 6.45) is 2.07. The highest BCUT2D eigenvalue weighted by Gasteiger charge is 2.27. The van der Waals surface area contributed by atoms with E-state index in [0.717, 1.165) is 19.3 Å². The number of hydrogen-bond acceptors (Lipinski definition) is 4. The molecule has 0 heterocycles. The Hall–Kier alpha value is -1.75. The molecule has 5 heteroatoms. The summed E-state index contributed by atoms with van der Waals surface area (Å²) in [7, 11) is 3.08. The maximum absolute atomic E-state index is 12.1. The molecule has 1 aliphatic carbocycles. The van der Waals surface area contributed by atoms with Gasteiger partial charge in [-0.15, -0.1) is 0 Å². The van der Waals surface area contributed by atoms with Crippen LogP contribution in [0.3, 0.4) is 0 Å². The fraction of sp³-hybridized carbons (Fsp3) is 0.500. The van der Waals surface area contributed by atoms with Crippen molar-refractivity contribution in [3.63, 3.8) is 0 Å². The molecule has 104 valence electrons. The molecule has 19 heavy (non-hydrogen) atoms. The first-order valence-corrected chi connectivity index (χ1v) is 6.36. The van der Waals surface area contributed by atoms with Gasteiger partial charge < -0.3 is 19.9 Å². The number of amides is 1. The number of carbonyl (C=O) groups is 1. The van der Waals surface area contributed by atoms with E-state index in [2.05, 4.69) is 5.32 Å². The van der Waals surface area contributed by atoms with Gasteiger partial charge in [-0.05, 0) is 37.5 Å². The van der Waals surface area contributed by atoms with E-state index in [4.69, 9.17) is 9.47 Å². The molecule has 5 nitrogen and oxygen atoms in total. The number of hydrogen-bond donors (Lipinski definition) is 2. The molecule has 2 rings (SSSR count). The van der Waals surface area contributed by atoms with Gasteiger partial charge in [0.05, 0.1) is 26.4 Å². The third-order valence-electron chi connectivity index (χ3n) is 3.44. The number of rotatable bonds is 4. The third-order valence-corrected chi connectivity index (χ3v) is 3.44. The van der Waals surface area contributed by atoms with Crippen LogP contribution < -0.4 is 14.8 Å². The van der Waals surface area contributed by atoms with Gasteiger partial charge >= 0.3 is 0 Å². The molecular formula is C14H19NO4. The van der Waals surface area contributed by atoms with Crippen molar-refractivity contribution in [3.05, 3.63) is 23.8 Å². The Morgan fingerprint density at radius 1 is 1.26 bits per heavy atom. The zero-order valence-corrected chi connectivity index (χ0v) is 11.2. The zero-order valence-electron chi connectivity index (χ0n) is 11.2. The lowest BCUT2D eigenvalue weighted by Crippen LogP contribution is -2.39. The molecule has 2 atom stereocenters. The molecule has 1 aromatic rings. The number of methoxy groups -OCH3 is 2. The van der Waals surface area contributed by atoms with Gasteiger partial charge in [0.1, 0.15) is 0 Å². The summed E-state index contributed by atoms with van der Waals surface area (Å²) < 4.78 is 10.3. The second-order valence-electron chi connectivity index (χ2n) is 4.65. The topological polar surface area (TPSA) is 67.8 Å². The molecule has 1 aliphatic rings. The molecule has 0 aliphatic heterocycles. The van der Waals surface area contributed by atoms with E-state index in [0.29, 0.717) is 17.1 Å². The van der Waals surface area contributed by atoms with Crippen molar-refractivity contribution in [2.75, 3.05) is 14.2 Å². The number of benzene rings is 1. The molecular weight excluding hydrogens is 246 g/mol. The van der Waals surface area contributed by atoms with Crippen molar-refractivity contribution in [2.24, 2.45) is 0 Å². The largest absolute Gasteiger partial charge is 0.493 e. The number of aliphatic hydroxyl groups excluding tert-OH is 1. The first kappa shape index (κ1) is 13.7. The second kappa shape index (κ2) is 5.93. The van der Waals surface area contributed by atoms with E-state index in [9.17, 15) is 9.90 Å². The summed E-state index contributed by atoms with van der Waals surface area (Å²) >= 11 is 0. The maximum Gasteiger partial charge on any atom is 0.251 e. The molecule has 1 fully saturated rings. The molecule has 0 spiro atoms. The highest BCUT2D eigenvalue weighted by molar-refractivity contribution is 5.95. The SMILES string of the molecule is COc1ccc(C(=O)NC2CCCC2O)cc1OC. The highest BCUT2D eigenvalue weighted by Crippen LogP contribution is 2.27. The minimum atomic E-state index is -0.441. The molecule has 1 saturated carbocycles. The average Bonchev–Trinajstić information content (AvgIpc) is 2.83. The average molecular weight is 265 g/mol. The Bertz CT molecular complexity index is 461. The van der Waals surface area contributed by atoms with Crippen LogP contribution in [0.2, 0.25) is 0 Å². The maximum atomic E-state index is 12.1. The number of carbonyl (C=O) groups excluding carboxylic acids is 1. The molecule has 2 unspecified atom stereocenters. The standard InChI is InChI=1S/C14H19NO4/c1-18-12-7-6-9(8-13(12)19-2)14(17)15-10-4-3-5-11(10)16/h6-8,10-11,16H,3-5H2,1-2H3,(H,15,17). The van der Waals surface area contributed by atoms with Crippen LogP contribution >= 0.6 is 0 Å². The van der Waals surface area contributed by atoms with Crippen molar-refractivity contribution in [1.29, 1.82) is 0 Å². The fourth-order valence-electron chi connectivity index (χ4n) is 2.34. The van der Waals surface area contributed by atoms with Gasteiger partial charge in [-0.25, -0.2) is 0 Å². The van der Waals surface area contributed by atoms with Crippen molar-refractivity contribution >= 4 is 5.91 Å². The zero-order chi connectivity index (χ0) is 13.8. The van der Waals surface area contributed by atoms with Gasteiger partial charge in [0, 0.05) is 5.56 Å². The predicted molar refractivity (Wildman–Crippen MR) is 70.7 cm³/mol. The summed E-state index contributed by atoms with van der Waals surface area (Å²) in [5, 5.41) is 12.6. The normalized spacial score (nSPS) is 22.1. The van der Waals surface area contributed by atoms with E-state index in [1.54, 1.807) is 25.3 Å². The van der Waals surface area contributed by atoms with Crippen LogP contribution in [0.1, 0.15) is 29.6 Å². The number of aliphatic hydroxyl groups is 1. The van der Waals surface area contributed by atoms with Gasteiger partial charge in [-0.2, -0.15) is 0 Å². The minimum Gasteiger partial charge on any atom is -0.493 e. The van der Waals surface area contributed by atoms with Gasteiger partial charge in [0.25, 0.3) is 5.91 Å². The van der Waals surface area contributed by atoms with E-state index in [1.807, 2.05) is 0 Å². The Kier molecular flexibility index (Phi) is 4.27. The molecule has 2 N–H and O–H groups in total. The Balaban J connectivity index is 2.10. The predicted octanol–water partition coefficient (Wildman–Crippen LogP) is 1.35. The quantitative estimate of drug-likeness (QED) is 0.862. The van der Waals surface area contributed by atoms with E-state index in [-0.39, 0.29) is 11.9 Å². The van der Waals surface area contributed by atoms with Crippen molar-refractivity contribution in [2.45, 2.75) is 31.4 Å². The number of nitrogens with one attached hydrogen (secondary N) is 1. The first-order chi connectivity index (χ1) is 9.15. The Labute approximate surface area is 112 Å². The van der Waals surface area contributed by atoms with Crippen LogP contribution in [0.5, 0.6) is 11.5 Å². The van der Waals surface area contributed by atoms with Crippen LogP contribution in [0.15, 0.2) is 18.2 Å². The lowest BCUT2D eigenvalue weighted by Gasteiger charge is -2.17. The summed E-state index contributed by atoms with van der Waals surface area (Å²) in [5.74, 6) is 0.897. The molecule has 0 radical (unpaired) electrons. The molecule has 0 saturated heterocycles. The second-order valence-corrected chi connectivity index (χ2v) is 4.65.